The molecule has 140 valence electrons. The van der Waals surface area contributed by atoms with Gasteiger partial charge in [0, 0.05) is 31.3 Å². The Hall–Kier alpha value is -2.84. The number of carbonyl (C=O) groups excluding carboxylic acids is 1. The Morgan fingerprint density at radius 2 is 2.04 bits per heavy atom. The van der Waals surface area contributed by atoms with Gasteiger partial charge in [-0.3, -0.25) is 10.2 Å². The first-order valence-electron chi connectivity index (χ1n) is 8.57. The third-order valence-electron chi connectivity index (χ3n) is 4.04. The number of hydrazone groups is 1. The van der Waals surface area contributed by atoms with Gasteiger partial charge in [-0.15, -0.1) is 11.3 Å². The normalized spacial score (nSPS) is 15.1. The van der Waals surface area contributed by atoms with Crippen LogP contribution in [0.1, 0.15) is 25.7 Å². The van der Waals surface area contributed by atoms with E-state index in [1.165, 1.54) is 11.3 Å². The fourth-order valence-electron chi connectivity index (χ4n) is 2.72. The first-order valence-corrected chi connectivity index (χ1v) is 9.39. The van der Waals surface area contributed by atoms with Crippen molar-refractivity contribution in [3.8, 4) is 0 Å². The number of rotatable bonds is 5. The van der Waals surface area contributed by atoms with E-state index in [0.717, 1.165) is 16.7 Å². The molecule has 1 fully saturated rings. The van der Waals surface area contributed by atoms with E-state index in [0.29, 0.717) is 42.6 Å². The zero-order chi connectivity index (χ0) is 19.1. The van der Waals surface area contributed by atoms with Gasteiger partial charge in [0.05, 0.1) is 29.2 Å². The van der Waals surface area contributed by atoms with Crippen LogP contribution >= 0.6 is 11.3 Å². The van der Waals surface area contributed by atoms with Crippen molar-refractivity contribution in [2.75, 3.05) is 33.4 Å². The number of ether oxygens (including phenoxy) is 1. The summed E-state index contributed by atoms with van der Waals surface area (Å²) in [5, 5.41) is 12.6. The van der Waals surface area contributed by atoms with Gasteiger partial charge in [0.2, 0.25) is 0 Å². The molecule has 1 aliphatic rings. The summed E-state index contributed by atoms with van der Waals surface area (Å²) in [6, 6.07) is 11.2. The van der Waals surface area contributed by atoms with Gasteiger partial charge < -0.3 is 15.1 Å². The fraction of sp³-hybridized carbons (Fsp3) is 0.263. The van der Waals surface area contributed by atoms with Crippen LogP contribution < -0.4 is 5.43 Å². The number of morpholine rings is 1. The number of aldehydes is 1. The highest BCUT2D eigenvalue weighted by molar-refractivity contribution is 7.15. The highest BCUT2D eigenvalue weighted by atomic mass is 32.1. The molecule has 0 unspecified atom stereocenters. The summed E-state index contributed by atoms with van der Waals surface area (Å²) in [7, 11) is 1.72. The van der Waals surface area contributed by atoms with E-state index in [9.17, 15) is 4.79 Å². The van der Waals surface area contributed by atoms with Crippen LogP contribution in [-0.4, -0.2) is 62.4 Å². The summed E-state index contributed by atoms with van der Waals surface area (Å²) >= 11 is 1.38. The molecule has 0 atom stereocenters. The standard InChI is InChI=1S/C19H21N5O2S/c1-21-22-12-14-4-2-3-5-16(14)18(20)23-19(24-8-10-26-11-9-24)17-7-6-15(13-25)27-17/h2-7,12-13,20-21H,8-11H2,1H3/b20-18?,22-12-,23-19?. The Morgan fingerprint density at radius 3 is 2.74 bits per heavy atom. The highest BCUT2D eigenvalue weighted by Gasteiger charge is 2.20. The highest BCUT2D eigenvalue weighted by Crippen LogP contribution is 2.20. The lowest BCUT2D eigenvalue weighted by Gasteiger charge is -2.29. The molecule has 0 radical (unpaired) electrons. The summed E-state index contributed by atoms with van der Waals surface area (Å²) in [4.78, 5) is 19.3. The molecule has 1 saturated heterocycles. The van der Waals surface area contributed by atoms with Gasteiger partial charge in [-0.05, 0) is 12.1 Å². The molecule has 2 aromatic rings. The summed E-state index contributed by atoms with van der Waals surface area (Å²) in [6.07, 6.45) is 2.50. The Labute approximate surface area is 161 Å². The Balaban J connectivity index is 1.98. The van der Waals surface area contributed by atoms with Crippen molar-refractivity contribution in [1.29, 1.82) is 5.41 Å². The molecule has 1 aliphatic heterocycles. The minimum Gasteiger partial charge on any atom is -0.378 e. The number of hydrogen-bond donors (Lipinski definition) is 2. The number of aliphatic imine (C=N–C) groups is 1. The van der Waals surface area contributed by atoms with Crippen LogP contribution in [0.5, 0.6) is 0 Å². The molecule has 2 heterocycles. The number of nitrogens with one attached hydrogen (secondary N) is 2. The van der Waals surface area contributed by atoms with Crippen LogP contribution in [0.15, 0.2) is 46.5 Å². The van der Waals surface area contributed by atoms with E-state index in [4.69, 9.17) is 10.1 Å². The number of amidine groups is 2. The van der Waals surface area contributed by atoms with Crippen molar-refractivity contribution < 1.29 is 9.53 Å². The smallest absolute Gasteiger partial charge is 0.160 e. The molecule has 0 saturated carbocycles. The van der Waals surface area contributed by atoms with Gasteiger partial charge in [-0.2, -0.15) is 5.10 Å². The number of carbonyl (C=O) groups is 1. The van der Waals surface area contributed by atoms with E-state index < -0.39 is 0 Å². The molecule has 7 nitrogen and oxygen atoms in total. The predicted molar refractivity (Wildman–Crippen MR) is 109 cm³/mol. The van der Waals surface area contributed by atoms with Crippen molar-refractivity contribution in [3.63, 3.8) is 0 Å². The van der Waals surface area contributed by atoms with Crippen LogP contribution in [0.25, 0.3) is 0 Å². The average Bonchev–Trinajstić information content (AvgIpc) is 3.20. The van der Waals surface area contributed by atoms with Gasteiger partial charge in [-0.25, -0.2) is 4.99 Å². The molecule has 27 heavy (non-hydrogen) atoms. The molecule has 1 aromatic heterocycles. The lowest BCUT2D eigenvalue weighted by Crippen LogP contribution is -2.41. The Kier molecular flexibility index (Phi) is 6.45. The molecular formula is C19H21N5O2S. The molecule has 3 rings (SSSR count). The predicted octanol–water partition coefficient (Wildman–Crippen LogP) is 2.22. The van der Waals surface area contributed by atoms with E-state index in [1.807, 2.05) is 30.3 Å². The number of hydrogen-bond acceptors (Lipinski definition) is 6. The second-order valence-corrected chi connectivity index (χ2v) is 6.89. The zero-order valence-corrected chi connectivity index (χ0v) is 15.8. The largest absolute Gasteiger partial charge is 0.378 e. The van der Waals surface area contributed by atoms with Crippen LogP contribution in [0.3, 0.4) is 0 Å². The summed E-state index contributed by atoms with van der Waals surface area (Å²) in [5.74, 6) is 0.845. The molecule has 0 bridgehead atoms. The van der Waals surface area contributed by atoms with Crippen LogP contribution in [0, 0.1) is 5.41 Å². The van der Waals surface area contributed by atoms with Crippen LogP contribution in [-0.2, 0) is 4.74 Å². The van der Waals surface area contributed by atoms with E-state index in [-0.39, 0.29) is 5.84 Å². The van der Waals surface area contributed by atoms with Crippen LogP contribution in [0.2, 0.25) is 0 Å². The molecule has 1 aromatic carbocycles. The van der Waals surface area contributed by atoms with E-state index >= 15 is 0 Å². The van der Waals surface area contributed by atoms with Gasteiger partial charge in [0.15, 0.2) is 12.1 Å². The Morgan fingerprint density at radius 1 is 1.26 bits per heavy atom. The van der Waals surface area contributed by atoms with Gasteiger partial charge in [0.1, 0.15) is 5.84 Å². The van der Waals surface area contributed by atoms with Gasteiger partial charge in [0.25, 0.3) is 0 Å². The SMILES string of the molecule is CN/N=C\c1ccccc1C(=N)N=C(c1ccc(C=O)s1)N1CCOCC1. The van der Waals surface area contributed by atoms with Gasteiger partial charge in [-0.1, -0.05) is 24.3 Å². The van der Waals surface area contributed by atoms with Crippen LogP contribution in [0.4, 0.5) is 0 Å². The second kappa shape index (κ2) is 9.20. The van der Waals surface area contributed by atoms with Crippen molar-refractivity contribution in [3.05, 3.63) is 57.3 Å². The minimum atomic E-state index is 0.149. The van der Waals surface area contributed by atoms with Gasteiger partial charge >= 0.3 is 0 Å². The molecule has 8 heteroatoms. The Bertz CT molecular complexity index is 868. The van der Waals surface area contributed by atoms with Crippen molar-refractivity contribution >= 4 is 35.5 Å². The zero-order valence-electron chi connectivity index (χ0n) is 15.0. The third-order valence-corrected chi connectivity index (χ3v) is 5.05. The lowest BCUT2D eigenvalue weighted by atomic mass is 10.1. The number of benzene rings is 1. The minimum absolute atomic E-state index is 0.149. The molecule has 0 aliphatic carbocycles. The quantitative estimate of drug-likeness (QED) is 0.359. The maximum absolute atomic E-state index is 11.1. The molecule has 2 N–H and O–H groups in total. The van der Waals surface area contributed by atoms with E-state index in [1.54, 1.807) is 19.3 Å². The first kappa shape index (κ1) is 18.9. The molecule has 0 amide bonds. The summed E-state index contributed by atoms with van der Waals surface area (Å²) < 4.78 is 5.44. The first-order chi connectivity index (χ1) is 13.2. The third kappa shape index (κ3) is 4.66. The van der Waals surface area contributed by atoms with Crippen molar-refractivity contribution in [2.24, 2.45) is 10.1 Å². The maximum atomic E-state index is 11.1. The summed E-state index contributed by atoms with van der Waals surface area (Å²) in [6.45, 7) is 2.62. The van der Waals surface area contributed by atoms with Crippen molar-refractivity contribution in [2.45, 2.75) is 0 Å². The monoisotopic (exact) mass is 383 g/mol. The molecule has 0 spiro atoms. The number of thiophene rings is 1. The summed E-state index contributed by atoms with van der Waals surface area (Å²) in [5.41, 5.74) is 4.22. The van der Waals surface area contributed by atoms with E-state index in [2.05, 4.69) is 20.4 Å². The average molecular weight is 383 g/mol. The lowest BCUT2D eigenvalue weighted by molar-refractivity contribution is 0.0684. The number of nitrogens with zero attached hydrogens (tertiary/aromatic N) is 3. The second-order valence-electron chi connectivity index (χ2n) is 5.77. The topological polar surface area (TPSA) is 90.1 Å². The maximum Gasteiger partial charge on any atom is 0.160 e. The molecular weight excluding hydrogens is 362 g/mol. The fourth-order valence-corrected chi connectivity index (χ4v) is 3.56. The van der Waals surface area contributed by atoms with Crippen molar-refractivity contribution in [1.82, 2.24) is 10.3 Å².